The SMILES string of the molecule is CC1CCC(N)C(C(=O)NCC(C)C(C)(C)C)C1. The molecule has 0 heterocycles. The van der Waals surface area contributed by atoms with E-state index in [1.807, 2.05) is 0 Å². The molecule has 3 heteroatoms. The van der Waals surface area contributed by atoms with Gasteiger partial charge in [-0.05, 0) is 36.5 Å². The van der Waals surface area contributed by atoms with Crippen LogP contribution in [-0.4, -0.2) is 18.5 Å². The summed E-state index contributed by atoms with van der Waals surface area (Å²) in [6.45, 7) is 11.8. The molecule has 4 atom stereocenters. The second-order valence-corrected chi connectivity index (χ2v) is 7.20. The molecule has 1 fully saturated rings. The zero-order valence-corrected chi connectivity index (χ0v) is 12.6. The molecule has 1 aliphatic rings. The Labute approximate surface area is 112 Å². The summed E-state index contributed by atoms with van der Waals surface area (Å²) in [4.78, 5) is 12.2. The Kier molecular flexibility index (Phi) is 5.20. The molecule has 1 amide bonds. The van der Waals surface area contributed by atoms with Crippen LogP contribution in [0.1, 0.15) is 53.9 Å². The van der Waals surface area contributed by atoms with Gasteiger partial charge in [-0.1, -0.05) is 34.6 Å². The molecule has 0 aliphatic heterocycles. The number of rotatable bonds is 3. The highest BCUT2D eigenvalue weighted by Gasteiger charge is 2.32. The summed E-state index contributed by atoms with van der Waals surface area (Å²) >= 11 is 0. The first kappa shape index (κ1) is 15.5. The summed E-state index contributed by atoms with van der Waals surface area (Å²) < 4.78 is 0. The van der Waals surface area contributed by atoms with Crippen LogP contribution in [0.2, 0.25) is 0 Å². The highest BCUT2D eigenvalue weighted by Crippen LogP contribution is 2.28. The smallest absolute Gasteiger partial charge is 0.224 e. The van der Waals surface area contributed by atoms with Gasteiger partial charge in [-0.3, -0.25) is 4.79 Å². The van der Waals surface area contributed by atoms with Crippen LogP contribution in [0.15, 0.2) is 0 Å². The van der Waals surface area contributed by atoms with Crippen molar-refractivity contribution in [2.24, 2.45) is 28.9 Å². The summed E-state index contributed by atoms with van der Waals surface area (Å²) in [5.74, 6) is 1.27. The van der Waals surface area contributed by atoms with Gasteiger partial charge in [0.1, 0.15) is 0 Å². The van der Waals surface area contributed by atoms with Crippen molar-refractivity contribution in [2.45, 2.75) is 59.9 Å². The van der Waals surface area contributed by atoms with E-state index in [1.165, 1.54) is 0 Å². The molecular formula is C15H30N2O. The van der Waals surface area contributed by atoms with Crippen molar-refractivity contribution in [1.29, 1.82) is 0 Å². The number of hydrogen-bond acceptors (Lipinski definition) is 2. The number of carbonyl (C=O) groups is 1. The van der Waals surface area contributed by atoms with Crippen molar-refractivity contribution in [3.8, 4) is 0 Å². The fourth-order valence-corrected chi connectivity index (χ4v) is 2.40. The predicted octanol–water partition coefficient (Wildman–Crippen LogP) is 2.55. The molecule has 0 aromatic rings. The summed E-state index contributed by atoms with van der Waals surface area (Å²) in [5.41, 5.74) is 6.30. The number of hydrogen-bond donors (Lipinski definition) is 2. The van der Waals surface area contributed by atoms with Crippen LogP contribution in [0.4, 0.5) is 0 Å². The fraction of sp³-hybridized carbons (Fsp3) is 0.933. The van der Waals surface area contributed by atoms with Gasteiger partial charge in [0.15, 0.2) is 0 Å². The summed E-state index contributed by atoms with van der Waals surface area (Å²) in [6, 6.07) is 0.0474. The van der Waals surface area contributed by atoms with Crippen molar-refractivity contribution in [3.05, 3.63) is 0 Å². The molecule has 1 aliphatic carbocycles. The fourth-order valence-electron chi connectivity index (χ4n) is 2.40. The van der Waals surface area contributed by atoms with Gasteiger partial charge >= 0.3 is 0 Å². The van der Waals surface area contributed by atoms with E-state index >= 15 is 0 Å². The van der Waals surface area contributed by atoms with Crippen molar-refractivity contribution >= 4 is 5.91 Å². The molecule has 106 valence electrons. The monoisotopic (exact) mass is 254 g/mol. The van der Waals surface area contributed by atoms with Gasteiger partial charge in [0.05, 0.1) is 5.92 Å². The van der Waals surface area contributed by atoms with Gasteiger partial charge in [-0.2, -0.15) is 0 Å². The van der Waals surface area contributed by atoms with Gasteiger partial charge < -0.3 is 11.1 Å². The second-order valence-electron chi connectivity index (χ2n) is 7.20. The third kappa shape index (κ3) is 4.27. The zero-order valence-electron chi connectivity index (χ0n) is 12.6. The quantitative estimate of drug-likeness (QED) is 0.813. The van der Waals surface area contributed by atoms with E-state index in [0.717, 1.165) is 25.8 Å². The van der Waals surface area contributed by atoms with Crippen molar-refractivity contribution in [1.82, 2.24) is 5.32 Å². The molecule has 0 spiro atoms. The van der Waals surface area contributed by atoms with Crippen molar-refractivity contribution < 1.29 is 4.79 Å². The van der Waals surface area contributed by atoms with E-state index in [4.69, 9.17) is 5.73 Å². The highest BCUT2D eigenvalue weighted by atomic mass is 16.1. The second kappa shape index (κ2) is 6.05. The van der Waals surface area contributed by atoms with Crippen LogP contribution in [0.5, 0.6) is 0 Å². The van der Waals surface area contributed by atoms with Crippen LogP contribution in [0.25, 0.3) is 0 Å². The third-order valence-corrected chi connectivity index (χ3v) is 4.56. The Balaban J connectivity index is 2.45. The van der Waals surface area contributed by atoms with Gasteiger partial charge in [0.2, 0.25) is 5.91 Å². The van der Waals surface area contributed by atoms with Crippen molar-refractivity contribution in [3.63, 3.8) is 0 Å². The van der Waals surface area contributed by atoms with Crippen LogP contribution < -0.4 is 11.1 Å². The van der Waals surface area contributed by atoms with E-state index in [9.17, 15) is 4.79 Å². The summed E-state index contributed by atoms with van der Waals surface area (Å²) in [6.07, 6.45) is 3.08. The average molecular weight is 254 g/mol. The molecule has 0 bridgehead atoms. The molecule has 0 saturated heterocycles. The minimum Gasteiger partial charge on any atom is -0.356 e. The van der Waals surface area contributed by atoms with Gasteiger partial charge in [0, 0.05) is 12.6 Å². The molecule has 0 aromatic heterocycles. The van der Waals surface area contributed by atoms with E-state index in [-0.39, 0.29) is 23.3 Å². The molecule has 0 radical (unpaired) electrons. The standard InChI is InChI=1S/C15H30N2O/c1-10-6-7-13(16)12(8-10)14(18)17-9-11(2)15(3,4)5/h10-13H,6-9,16H2,1-5H3,(H,17,18). The number of nitrogens with two attached hydrogens (primary N) is 1. The Bertz CT molecular complexity index is 283. The van der Waals surface area contributed by atoms with Crippen LogP contribution in [0.3, 0.4) is 0 Å². The van der Waals surface area contributed by atoms with E-state index in [2.05, 4.69) is 39.9 Å². The largest absolute Gasteiger partial charge is 0.356 e. The highest BCUT2D eigenvalue weighted by molar-refractivity contribution is 5.79. The van der Waals surface area contributed by atoms with Gasteiger partial charge in [-0.15, -0.1) is 0 Å². The van der Waals surface area contributed by atoms with Gasteiger partial charge in [-0.25, -0.2) is 0 Å². The third-order valence-electron chi connectivity index (χ3n) is 4.56. The molecule has 3 nitrogen and oxygen atoms in total. The lowest BCUT2D eigenvalue weighted by atomic mass is 9.78. The van der Waals surface area contributed by atoms with Crippen LogP contribution >= 0.6 is 0 Å². The molecule has 4 unspecified atom stereocenters. The Morgan fingerprint density at radius 1 is 1.39 bits per heavy atom. The maximum absolute atomic E-state index is 12.2. The normalized spacial score (nSPS) is 30.9. The topological polar surface area (TPSA) is 55.1 Å². The number of nitrogens with one attached hydrogen (secondary N) is 1. The molecule has 3 N–H and O–H groups in total. The molecule has 0 aromatic carbocycles. The lowest BCUT2D eigenvalue weighted by molar-refractivity contribution is -0.127. The van der Waals surface area contributed by atoms with E-state index < -0.39 is 0 Å². The molecule has 18 heavy (non-hydrogen) atoms. The molecular weight excluding hydrogens is 224 g/mol. The Morgan fingerprint density at radius 2 is 2.00 bits per heavy atom. The Hall–Kier alpha value is -0.570. The average Bonchev–Trinajstić information content (AvgIpc) is 2.27. The zero-order chi connectivity index (χ0) is 13.9. The first-order valence-electron chi connectivity index (χ1n) is 7.25. The minimum atomic E-state index is 0.0147. The summed E-state index contributed by atoms with van der Waals surface area (Å²) in [5, 5.41) is 3.09. The van der Waals surface area contributed by atoms with E-state index in [0.29, 0.717) is 11.8 Å². The maximum Gasteiger partial charge on any atom is 0.224 e. The van der Waals surface area contributed by atoms with Crippen LogP contribution in [-0.2, 0) is 4.79 Å². The first-order valence-corrected chi connectivity index (χ1v) is 7.25. The maximum atomic E-state index is 12.2. The number of carbonyl (C=O) groups excluding carboxylic acids is 1. The van der Waals surface area contributed by atoms with Crippen LogP contribution in [0, 0.1) is 23.2 Å². The van der Waals surface area contributed by atoms with E-state index in [1.54, 1.807) is 0 Å². The lowest BCUT2D eigenvalue weighted by Crippen LogP contribution is -2.46. The first-order chi connectivity index (χ1) is 8.21. The Morgan fingerprint density at radius 3 is 2.56 bits per heavy atom. The number of amides is 1. The minimum absolute atomic E-state index is 0.0147. The summed E-state index contributed by atoms with van der Waals surface area (Å²) in [7, 11) is 0. The predicted molar refractivity (Wildman–Crippen MR) is 76.1 cm³/mol. The van der Waals surface area contributed by atoms with Crippen molar-refractivity contribution in [2.75, 3.05) is 6.54 Å². The molecule has 1 rings (SSSR count). The van der Waals surface area contributed by atoms with Gasteiger partial charge in [0.25, 0.3) is 0 Å². The molecule has 1 saturated carbocycles. The lowest BCUT2D eigenvalue weighted by Gasteiger charge is -2.33.